The number of carboxylic acid groups (broad SMARTS) is 1. The SMILES string of the molecule is C#CCN(CCC)S(=O)(=O)CC(=O)O. The van der Waals surface area contributed by atoms with E-state index in [0.717, 1.165) is 4.31 Å². The molecule has 0 radical (unpaired) electrons. The Balaban J connectivity index is 4.64. The smallest absolute Gasteiger partial charge is 0.320 e. The van der Waals surface area contributed by atoms with E-state index in [1.165, 1.54) is 0 Å². The third kappa shape index (κ3) is 4.25. The lowest BCUT2D eigenvalue weighted by atomic mass is 10.5. The molecule has 80 valence electrons. The van der Waals surface area contributed by atoms with Gasteiger partial charge in [0, 0.05) is 6.54 Å². The van der Waals surface area contributed by atoms with Gasteiger partial charge in [-0.1, -0.05) is 12.8 Å². The van der Waals surface area contributed by atoms with Crippen LogP contribution in [0.2, 0.25) is 0 Å². The number of sulfonamides is 1. The molecule has 0 fully saturated rings. The van der Waals surface area contributed by atoms with Crippen LogP contribution in [0.1, 0.15) is 13.3 Å². The van der Waals surface area contributed by atoms with E-state index in [1.807, 2.05) is 0 Å². The van der Waals surface area contributed by atoms with E-state index in [1.54, 1.807) is 6.92 Å². The first-order valence-corrected chi connectivity index (χ1v) is 5.68. The van der Waals surface area contributed by atoms with Crippen molar-refractivity contribution in [3.63, 3.8) is 0 Å². The van der Waals surface area contributed by atoms with Crippen LogP contribution >= 0.6 is 0 Å². The summed E-state index contributed by atoms with van der Waals surface area (Å²) in [4.78, 5) is 10.3. The first-order valence-electron chi connectivity index (χ1n) is 4.07. The molecule has 0 amide bonds. The van der Waals surface area contributed by atoms with Gasteiger partial charge in [-0.15, -0.1) is 6.42 Å². The monoisotopic (exact) mass is 219 g/mol. The predicted molar refractivity (Wildman–Crippen MR) is 52.1 cm³/mol. The summed E-state index contributed by atoms with van der Waals surface area (Å²) >= 11 is 0. The minimum atomic E-state index is -3.75. The molecule has 0 aliphatic carbocycles. The summed E-state index contributed by atoms with van der Waals surface area (Å²) in [5.41, 5.74) is 0. The maximum absolute atomic E-state index is 11.4. The fourth-order valence-corrected chi connectivity index (χ4v) is 2.14. The summed E-state index contributed by atoms with van der Waals surface area (Å²) in [6.07, 6.45) is 5.58. The fourth-order valence-electron chi connectivity index (χ4n) is 0.915. The van der Waals surface area contributed by atoms with Crippen LogP contribution in [0.5, 0.6) is 0 Å². The van der Waals surface area contributed by atoms with Gasteiger partial charge in [-0.3, -0.25) is 4.79 Å². The van der Waals surface area contributed by atoms with E-state index in [4.69, 9.17) is 11.5 Å². The fraction of sp³-hybridized carbons (Fsp3) is 0.625. The molecule has 0 rings (SSSR count). The van der Waals surface area contributed by atoms with Crippen LogP contribution in [0.4, 0.5) is 0 Å². The predicted octanol–water partition coefficient (Wildman–Crippen LogP) is -0.254. The van der Waals surface area contributed by atoms with E-state index >= 15 is 0 Å². The molecule has 0 saturated heterocycles. The van der Waals surface area contributed by atoms with Crippen molar-refractivity contribution in [3.8, 4) is 12.3 Å². The summed E-state index contributed by atoms with van der Waals surface area (Å²) in [6.45, 7) is 1.96. The maximum atomic E-state index is 11.4. The van der Waals surface area contributed by atoms with E-state index in [2.05, 4.69) is 5.92 Å². The number of aliphatic carboxylic acids is 1. The molecule has 0 unspecified atom stereocenters. The Morgan fingerprint density at radius 1 is 1.57 bits per heavy atom. The van der Waals surface area contributed by atoms with Gasteiger partial charge in [0.2, 0.25) is 10.0 Å². The average molecular weight is 219 g/mol. The van der Waals surface area contributed by atoms with Crippen molar-refractivity contribution in [1.29, 1.82) is 0 Å². The highest BCUT2D eigenvalue weighted by Gasteiger charge is 2.23. The van der Waals surface area contributed by atoms with Gasteiger partial charge in [0.05, 0.1) is 6.54 Å². The molecule has 1 N–H and O–H groups in total. The highest BCUT2D eigenvalue weighted by atomic mass is 32.2. The molecule has 5 nitrogen and oxygen atoms in total. The van der Waals surface area contributed by atoms with E-state index in [0.29, 0.717) is 6.42 Å². The summed E-state index contributed by atoms with van der Waals surface area (Å²) in [5.74, 6) is -0.0944. The Labute approximate surface area is 83.8 Å². The van der Waals surface area contributed by atoms with Crippen LogP contribution in [0.25, 0.3) is 0 Å². The summed E-state index contributed by atoms with van der Waals surface area (Å²) in [5, 5.41) is 8.38. The van der Waals surface area contributed by atoms with Gasteiger partial charge >= 0.3 is 5.97 Å². The van der Waals surface area contributed by atoms with Crippen molar-refractivity contribution in [2.24, 2.45) is 0 Å². The highest BCUT2D eigenvalue weighted by molar-refractivity contribution is 7.89. The third-order valence-corrected chi connectivity index (χ3v) is 3.15. The van der Waals surface area contributed by atoms with E-state index in [-0.39, 0.29) is 13.1 Å². The van der Waals surface area contributed by atoms with Crippen molar-refractivity contribution < 1.29 is 18.3 Å². The first kappa shape index (κ1) is 12.9. The highest BCUT2D eigenvalue weighted by Crippen LogP contribution is 2.02. The Bertz CT molecular complexity index is 328. The van der Waals surface area contributed by atoms with Crippen molar-refractivity contribution in [3.05, 3.63) is 0 Å². The quantitative estimate of drug-likeness (QED) is 0.625. The van der Waals surface area contributed by atoms with Crippen LogP contribution in [-0.2, 0) is 14.8 Å². The number of rotatable bonds is 6. The minimum Gasteiger partial charge on any atom is -0.480 e. The summed E-state index contributed by atoms with van der Waals surface area (Å²) < 4.78 is 23.7. The summed E-state index contributed by atoms with van der Waals surface area (Å²) in [6, 6.07) is 0. The van der Waals surface area contributed by atoms with Crippen molar-refractivity contribution in [2.45, 2.75) is 13.3 Å². The molecule has 0 aromatic carbocycles. The lowest BCUT2D eigenvalue weighted by Crippen LogP contribution is -2.36. The molecule has 6 heteroatoms. The first-order chi connectivity index (χ1) is 6.44. The average Bonchev–Trinajstić information content (AvgIpc) is 2.01. The van der Waals surface area contributed by atoms with Gasteiger partial charge in [-0.25, -0.2) is 8.42 Å². The van der Waals surface area contributed by atoms with Gasteiger partial charge in [-0.2, -0.15) is 4.31 Å². The number of hydrogen-bond acceptors (Lipinski definition) is 3. The van der Waals surface area contributed by atoms with Crippen LogP contribution in [-0.4, -0.2) is 42.6 Å². The van der Waals surface area contributed by atoms with Crippen molar-refractivity contribution in [1.82, 2.24) is 4.31 Å². The molecule has 0 aromatic rings. The molecule has 0 saturated carbocycles. The van der Waals surface area contributed by atoms with E-state index in [9.17, 15) is 13.2 Å². The van der Waals surface area contributed by atoms with Crippen molar-refractivity contribution >= 4 is 16.0 Å². The zero-order valence-corrected chi connectivity index (χ0v) is 8.75. The molecule has 0 spiro atoms. The normalized spacial score (nSPS) is 11.2. The van der Waals surface area contributed by atoms with Gasteiger partial charge in [-0.05, 0) is 6.42 Å². The minimum absolute atomic E-state index is 0.0799. The molecule has 0 aromatic heterocycles. The Kier molecular flexibility index (Phi) is 5.20. The second-order valence-corrected chi connectivity index (χ2v) is 4.66. The zero-order chi connectivity index (χ0) is 11.2. The molecule has 0 aliphatic rings. The molecule has 0 atom stereocenters. The number of hydrogen-bond donors (Lipinski definition) is 1. The lowest BCUT2D eigenvalue weighted by Gasteiger charge is -2.17. The second-order valence-electron chi connectivity index (χ2n) is 2.69. The molecular formula is C8H13NO4S. The largest absolute Gasteiger partial charge is 0.480 e. The van der Waals surface area contributed by atoms with Crippen LogP contribution in [0.15, 0.2) is 0 Å². The Morgan fingerprint density at radius 3 is 2.50 bits per heavy atom. The van der Waals surface area contributed by atoms with Crippen LogP contribution in [0, 0.1) is 12.3 Å². The van der Waals surface area contributed by atoms with Crippen LogP contribution in [0.3, 0.4) is 0 Å². The number of nitrogens with zero attached hydrogens (tertiary/aromatic N) is 1. The summed E-state index contributed by atoms with van der Waals surface area (Å²) in [7, 11) is -3.75. The molecule has 0 bridgehead atoms. The second kappa shape index (κ2) is 5.62. The number of carboxylic acids is 1. The van der Waals surface area contributed by atoms with Gasteiger partial charge in [0.15, 0.2) is 5.75 Å². The van der Waals surface area contributed by atoms with Gasteiger partial charge < -0.3 is 5.11 Å². The topological polar surface area (TPSA) is 74.7 Å². The van der Waals surface area contributed by atoms with Gasteiger partial charge in [0.1, 0.15) is 0 Å². The standard InChI is InChI=1S/C8H13NO4S/c1-3-5-9(6-4-2)14(12,13)7-8(10)11/h1H,4-7H2,2H3,(H,10,11). The zero-order valence-electron chi connectivity index (χ0n) is 7.93. The molecule has 14 heavy (non-hydrogen) atoms. The van der Waals surface area contributed by atoms with Crippen molar-refractivity contribution in [2.75, 3.05) is 18.8 Å². The molecule has 0 heterocycles. The van der Waals surface area contributed by atoms with E-state index < -0.39 is 21.7 Å². The number of terminal acetylenes is 1. The Morgan fingerprint density at radius 2 is 2.14 bits per heavy atom. The van der Waals surface area contributed by atoms with Gasteiger partial charge in [0.25, 0.3) is 0 Å². The lowest BCUT2D eigenvalue weighted by molar-refractivity contribution is -0.134. The Hall–Kier alpha value is -1.06. The molecular weight excluding hydrogens is 206 g/mol. The third-order valence-electron chi connectivity index (χ3n) is 1.44. The maximum Gasteiger partial charge on any atom is 0.320 e. The molecule has 0 aliphatic heterocycles. The number of carbonyl (C=O) groups is 1. The van der Waals surface area contributed by atoms with Crippen LogP contribution < -0.4 is 0 Å².